The van der Waals surface area contributed by atoms with Crippen molar-refractivity contribution < 1.29 is 14.6 Å². The van der Waals surface area contributed by atoms with Crippen molar-refractivity contribution in [2.45, 2.75) is 32.4 Å². The topological polar surface area (TPSA) is 80.0 Å². The lowest BCUT2D eigenvalue weighted by Crippen LogP contribution is -2.36. The first-order chi connectivity index (χ1) is 15.4. The number of allylic oxidation sites excluding steroid dienone is 4. The van der Waals surface area contributed by atoms with Gasteiger partial charge in [0, 0.05) is 35.8 Å². The Kier molecular flexibility index (Phi) is 6.44. The number of anilines is 1. The van der Waals surface area contributed by atoms with Crippen molar-refractivity contribution in [2.24, 2.45) is 11.7 Å². The second-order valence-electron chi connectivity index (χ2n) is 8.96. The smallest absolute Gasteiger partial charge is 0.138 e. The molecule has 4 rings (SSSR count). The Morgan fingerprint density at radius 2 is 1.97 bits per heavy atom. The standard InChI is InChI=1S/C26H33N3O3/c1-18(26(2,3)30)16-20(8-10-27)22-9-11-28-23-17-24(32-25(22)23)19-4-6-21(7-5-19)29-12-14-31-15-13-29/h4-11,16-18,23,28,30H,12-15,27H2,1-3H3/b10-8-,20-16+. The van der Waals surface area contributed by atoms with E-state index in [9.17, 15) is 5.11 Å². The molecule has 1 aromatic carbocycles. The van der Waals surface area contributed by atoms with Crippen LogP contribution in [0.3, 0.4) is 0 Å². The predicted molar refractivity (Wildman–Crippen MR) is 128 cm³/mol. The second kappa shape index (κ2) is 9.27. The molecular formula is C26H33N3O3. The van der Waals surface area contributed by atoms with Gasteiger partial charge >= 0.3 is 0 Å². The van der Waals surface area contributed by atoms with Gasteiger partial charge in [-0.15, -0.1) is 0 Å². The molecule has 0 aromatic heterocycles. The molecule has 32 heavy (non-hydrogen) atoms. The van der Waals surface area contributed by atoms with Crippen molar-refractivity contribution in [1.82, 2.24) is 5.32 Å². The van der Waals surface area contributed by atoms with Gasteiger partial charge in [0.2, 0.25) is 0 Å². The highest BCUT2D eigenvalue weighted by Crippen LogP contribution is 2.36. The van der Waals surface area contributed by atoms with Crippen molar-refractivity contribution in [3.05, 3.63) is 83.4 Å². The van der Waals surface area contributed by atoms with Gasteiger partial charge in [-0.2, -0.15) is 0 Å². The van der Waals surface area contributed by atoms with Gasteiger partial charge in [-0.25, -0.2) is 0 Å². The van der Waals surface area contributed by atoms with Crippen LogP contribution in [0, 0.1) is 5.92 Å². The largest absolute Gasteiger partial charge is 0.458 e. The summed E-state index contributed by atoms with van der Waals surface area (Å²) in [5.74, 6) is 1.61. The summed E-state index contributed by atoms with van der Waals surface area (Å²) in [6.07, 6.45) is 11.4. The Bertz CT molecular complexity index is 975. The van der Waals surface area contributed by atoms with Gasteiger partial charge < -0.3 is 30.5 Å². The minimum absolute atomic E-state index is 0.0454. The fourth-order valence-electron chi connectivity index (χ4n) is 3.97. The summed E-state index contributed by atoms with van der Waals surface area (Å²) in [5.41, 5.74) is 9.03. The number of hydrogen-bond acceptors (Lipinski definition) is 6. The molecule has 0 saturated carbocycles. The molecule has 0 bridgehead atoms. The van der Waals surface area contributed by atoms with E-state index in [2.05, 4.69) is 40.6 Å². The fourth-order valence-corrected chi connectivity index (χ4v) is 3.97. The lowest BCUT2D eigenvalue weighted by molar-refractivity contribution is 0.0439. The van der Waals surface area contributed by atoms with Crippen LogP contribution >= 0.6 is 0 Å². The van der Waals surface area contributed by atoms with Crippen LogP contribution in [0.4, 0.5) is 5.69 Å². The number of aliphatic hydroxyl groups is 1. The molecule has 3 heterocycles. The lowest BCUT2D eigenvalue weighted by Gasteiger charge is -2.28. The van der Waals surface area contributed by atoms with Crippen LogP contribution in [0.15, 0.2) is 77.9 Å². The summed E-state index contributed by atoms with van der Waals surface area (Å²) in [5, 5.41) is 13.8. The average Bonchev–Trinajstić information content (AvgIpc) is 3.23. The maximum atomic E-state index is 10.4. The zero-order chi connectivity index (χ0) is 22.7. The first kappa shape index (κ1) is 22.2. The van der Waals surface area contributed by atoms with Crippen molar-refractivity contribution in [1.29, 1.82) is 0 Å². The van der Waals surface area contributed by atoms with Crippen LogP contribution < -0.4 is 16.0 Å². The van der Waals surface area contributed by atoms with Crippen molar-refractivity contribution in [3.8, 4) is 0 Å². The van der Waals surface area contributed by atoms with Crippen molar-refractivity contribution >= 4 is 11.4 Å². The molecule has 6 nitrogen and oxygen atoms in total. The maximum absolute atomic E-state index is 10.4. The number of hydrogen-bond donors (Lipinski definition) is 3. The third kappa shape index (κ3) is 4.76. The molecule has 0 aliphatic carbocycles. The van der Waals surface area contributed by atoms with E-state index in [1.54, 1.807) is 0 Å². The number of rotatable bonds is 6. The van der Waals surface area contributed by atoms with Gasteiger partial charge in [-0.05, 0) is 74.3 Å². The molecule has 1 fully saturated rings. The van der Waals surface area contributed by atoms with E-state index in [1.165, 1.54) is 11.9 Å². The molecule has 0 spiro atoms. The minimum Gasteiger partial charge on any atom is -0.458 e. The molecule has 3 aliphatic rings. The summed E-state index contributed by atoms with van der Waals surface area (Å²) in [7, 11) is 0. The zero-order valence-corrected chi connectivity index (χ0v) is 19.0. The van der Waals surface area contributed by atoms with Gasteiger partial charge in [-0.1, -0.05) is 13.0 Å². The van der Waals surface area contributed by atoms with Gasteiger partial charge in [0.15, 0.2) is 0 Å². The predicted octanol–water partition coefficient (Wildman–Crippen LogP) is 3.44. The van der Waals surface area contributed by atoms with E-state index in [4.69, 9.17) is 15.2 Å². The van der Waals surface area contributed by atoms with Gasteiger partial charge in [-0.3, -0.25) is 0 Å². The highest BCUT2D eigenvalue weighted by Gasteiger charge is 2.30. The van der Waals surface area contributed by atoms with Gasteiger partial charge in [0.25, 0.3) is 0 Å². The summed E-state index contributed by atoms with van der Waals surface area (Å²) in [6.45, 7) is 8.98. The second-order valence-corrected chi connectivity index (χ2v) is 8.96. The number of nitrogens with one attached hydrogen (secondary N) is 1. The molecule has 0 amide bonds. The Morgan fingerprint density at radius 1 is 1.25 bits per heavy atom. The summed E-state index contributed by atoms with van der Waals surface area (Å²) in [4.78, 5) is 2.34. The highest BCUT2D eigenvalue weighted by molar-refractivity contribution is 5.69. The Labute approximate surface area is 190 Å². The van der Waals surface area contributed by atoms with Crippen LogP contribution in [-0.2, 0) is 9.47 Å². The highest BCUT2D eigenvalue weighted by atomic mass is 16.5. The third-order valence-corrected chi connectivity index (χ3v) is 6.27. The van der Waals surface area contributed by atoms with Gasteiger partial charge in [0.1, 0.15) is 17.6 Å². The lowest BCUT2D eigenvalue weighted by atomic mass is 9.88. The molecule has 3 aliphatic heterocycles. The molecule has 2 atom stereocenters. The number of benzene rings is 1. The normalized spacial score (nSPS) is 22.5. The zero-order valence-electron chi connectivity index (χ0n) is 19.0. The Hall–Kier alpha value is -2.96. The summed E-state index contributed by atoms with van der Waals surface area (Å²) in [6, 6.07) is 8.45. The number of ether oxygens (including phenoxy) is 2. The molecule has 0 radical (unpaired) electrons. The summed E-state index contributed by atoms with van der Waals surface area (Å²) < 4.78 is 11.8. The first-order valence-electron chi connectivity index (χ1n) is 11.2. The van der Waals surface area contributed by atoms with Crippen LogP contribution in [-0.4, -0.2) is 43.1 Å². The average molecular weight is 436 g/mol. The molecule has 1 saturated heterocycles. The number of dihydropyridines is 1. The quantitative estimate of drug-likeness (QED) is 0.594. The number of fused-ring (bicyclic) bond motifs is 1. The van der Waals surface area contributed by atoms with Crippen molar-refractivity contribution in [3.63, 3.8) is 0 Å². The number of nitrogens with zero attached hydrogens (tertiary/aromatic N) is 1. The first-order valence-corrected chi connectivity index (χ1v) is 11.2. The third-order valence-electron chi connectivity index (χ3n) is 6.27. The molecule has 170 valence electrons. The van der Waals surface area contributed by atoms with E-state index >= 15 is 0 Å². The molecule has 2 unspecified atom stereocenters. The van der Waals surface area contributed by atoms with E-state index in [-0.39, 0.29) is 12.0 Å². The Morgan fingerprint density at radius 3 is 2.62 bits per heavy atom. The van der Waals surface area contributed by atoms with E-state index in [1.807, 2.05) is 45.2 Å². The monoisotopic (exact) mass is 435 g/mol. The maximum Gasteiger partial charge on any atom is 0.138 e. The molecule has 4 N–H and O–H groups in total. The van der Waals surface area contributed by atoms with Gasteiger partial charge in [0.05, 0.1) is 18.8 Å². The summed E-state index contributed by atoms with van der Waals surface area (Å²) >= 11 is 0. The van der Waals surface area contributed by atoms with E-state index < -0.39 is 5.60 Å². The minimum atomic E-state index is -0.836. The molecular weight excluding hydrogens is 402 g/mol. The van der Waals surface area contributed by atoms with Crippen molar-refractivity contribution in [2.75, 3.05) is 31.2 Å². The number of morpholine rings is 1. The number of nitrogens with two attached hydrogens (primary N) is 1. The van der Waals surface area contributed by atoms with Crippen LogP contribution in [0.25, 0.3) is 5.76 Å². The van der Waals surface area contributed by atoms with Crippen LogP contribution in [0.1, 0.15) is 26.3 Å². The SMILES string of the molecule is CC(/C=C(\C=C/N)C1=C2OC(c3ccc(N4CCOCC4)cc3)=CC2NC=C1)C(C)(C)O. The van der Waals surface area contributed by atoms with E-state index in [0.717, 1.165) is 54.5 Å². The molecule has 6 heteroatoms. The van der Waals surface area contributed by atoms with E-state index in [0.29, 0.717) is 0 Å². The van der Waals surface area contributed by atoms with Crippen LogP contribution in [0.2, 0.25) is 0 Å². The van der Waals surface area contributed by atoms with Crippen LogP contribution in [0.5, 0.6) is 0 Å². The molecule has 1 aromatic rings. The Balaban J connectivity index is 1.59. The fraction of sp³-hybridized carbons (Fsp3) is 0.385.